The first-order valence-corrected chi connectivity index (χ1v) is 46.9. The molecule has 4 aliphatic heterocycles. The molecule has 4 aromatic carbocycles. The molecule has 3 atom stereocenters. The van der Waals surface area contributed by atoms with Crippen LogP contribution in [0.1, 0.15) is 216 Å². The van der Waals surface area contributed by atoms with E-state index in [4.69, 9.17) is 39.7 Å². The van der Waals surface area contributed by atoms with Crippen LogP contribution in [0.15, 0.2) is 89.3 Å². The van der Waals surface area contributed by atoms with Crippen LogP contribution in [0.3, 0.4) is 0 Å². The summed E-state index contributed by atoms with van der Waals surface area (Å²) >= 11 is 0. The van der Waals surface area contributed by atoms with Crippen molar-refractivity contribution in [3.63, 3.8) is 0 Å². The predicted molar refractivity (Wildman–Crippen MR) is 549 cm³/mol. The molecule has 12 rings (SSSR count). The topological polar surface area (TPSA) is 442 Å². The largest absolute Gasteiger partial charge is 0.463 e. The van der Waals surface area contributed by atoms with E-state index in [1.165, 1.54) is 40.6 Å². The molecule has 4 aromatic heterocycles. The fourth-order valence-electron chi connectivity index (χ4n) is 16.8. The third-order valence-electron chi connectivity index (χ3n) is 23.3. The van der Waals surface area contributed by atoms with Crippen LogP contribution in [0.5, 0.6) is 12.0 Å². The molecule has 4 aliphatic rings. The van der Waals surface area contributed by atoms with Gasteiger partial charge >= 0.3 is 12.0 Å². The number of benzene rings is 4. The standard InChI is InChI=1S/C27H40N8O2.2C27H39N7O3.C20H27N7/c1-18-10-11-19(25(36)33-37-7)15-22(18)30-23-21(16-28)24(35(6)17-27(2,3)4)32-26(31-23)29-13-12-20-9-8-14-34(20)5;1-18-10-11-19(25(35)32-36-7)15-22(18)29-23-21(16-28)24(34(6)17-27(2,3)4)31-26(30-23)37-14-12-20-9-8-13-33(20)5;1-18-10-11-20(25(35)32-36-7)13-22(18)29-23-21(14-28)24(34(6)17-27(2,3)4)31-26(30-23)37-16-19-9-8-12-33(5)15-19;1-13-6-7-14(15-8-9-24-26-15)10-16(13)25-18-17(21)19(23-12-22-18)27(5)11-20(2,3)4/h10-11,15,20H,8-9,12-14,17H2,1-7H3,(H,33,36)(H2,29,30,31,32);10-11,15,20H,8-9,12-14,17H2,1-7H3,(H,32,35)(H,29,30,31);10-11,13,19H,8-9,12,15-17H2,1-7H3,(H,32,35)(H,29,30,31);6-7,9-10,12H,8,11,21H2,1-5H3,(H,22,23,25). The zero-order valence-corrected chi connectivity index (χ0v) is 85.7. The molecule has 0 radical (unpaired) electrons. The van der Waals surface area contributed by atoms with Gasteiger partial charge < -0.3 is 76.1 Å². The lowest BCUT2D eigenvalue weighted by molar-refractivity contribution is 0.0533. The molecule has 10 N–H and O–H groups in total. The van der Waals surface area contributed by atoms with Gasteiger partial charge in [0.1, 0.15) is 46.9 Å². The van der Waals surface area contributed by atoms with Crippen molar-refractivity contribution in [2.75, 3.05) is 195 Å². The van der Waals surface area contributed by atoms with Gasteiger partial charge in [0.2, 0.25) is 5.95 Å². The van der Waals surface area contributed by atoms with E-state index in [0.717, 1.165) is 123 Å². The summed E-state index contributed by atoms with van der Waals surface area (Å²) in [5.41, 5.74) is 24.9. The molecule has 37 heteroatoms. The lowest BCUT2D eigenvalue weighted by atomic mass is 9.96. The molecule has 138 heavy (non-hydrogen) atoms. The third-order valence-corrected chi connectivity index (χ3v) is 23.3. The number of nitriles is 3. The second kappa shape index (κ2) is 49.7. The zero-order chi connectivity index (χ0) is 101. The average molecular weight is 1890 g/mol. The Morgan fingerprint density at radius 1 is 0.486 bits per heavy atom. The number of carbonyl (C=O) groups is 3. The van der Waals surface area contributed by atoms with Gasteiger partial charge in [0.15, 0.2) is 46.5 Å². The molecule has 742 valence electrons. The summed E-state index contributed by atoms with van der Waals surface area (Å²) < 4.78 is 12.1. The van der Waals surface area contributed by atoms with Gasteiger partial charge in [-0.15, -0.1) is 0 Å². The van der Waals surface area contributed by atoms with E-state index < -0.39 is 0 Å². The number of hydroxylamine groups is 3. The Hall–Kier alpha value is -13.2. The quantitative estimate of drug-likeness (QED) is 0.0169. The summed E-state index contributed by atoms with van der Waals surface area (Å²) in [4.78, 5) is 103. The van der Waals surface area contributed by atoms with Gasteiger partial charge in [0.25, 0.3) is 17.7 Å². The number of likely N-dealkylation sites (tertiary alicyclic amines) is 3. The van der Waals surface area contributed by atoms with E-state index >= 15 is 0 Å². The van der Waals surface area contributed by atoms with Gasteiger partial charge in [-0.1, -0.05) is 113 Å². The summed E-state index contributed by atoms with van der Waals surface area (Å²) in [5, 5.41) is 55.1. The molecule has 0 saturated carbocycles. The van der Waals surface area contributed by atoms with E-state index in [0.29, 0.717) is 154 Å². The first-order valence-electron chi connectivity index (χ1n) is 46.9. The van der Waals surface area contributed by atoms with Crippen molar-refractivity contribution < 1.29 is 38.4 Å². The number of piperidine rings is 1. The molecule has 37 nitrogen and oxygen atoms in total. The first kappa shape index (κ1) is 108. The number of hydrogen-bond donors (Lipinski definition) is 9. The Bertz CT molecular complexity index is 5510. The van der Waals surface area contributed by atoms with Crippen LogP contribution in [0.2, 0.25) is 0 Å². The summed E-state index contributed by atoms with van der Waals surface area (Å²) in [6, 6.07) is 30.2. The molecular formula is C101H145N29O8. The highest BCUT2D eigenvalue weighted by Gasteiger charge is 2.31. The molecule has 8 aromatic rings. The summed E-state index contributed by atoms with van der Waals surface area (Å²) in [6.07, 6.45) is 13.0. The lowest BCUT2D eigenvalue weighted by Gasteiger charge is -2.30. The van der Waals surface area contributed by atoms with Crippen molar-refractivity contribution in [2.45, 2.75) is 181 Å². The minimum absolute atomic E-state index is 0.000295. The maximum Gasteiger partial charge on any atom is 0.320 e. The van der Waals surface area contributed by atoms with Gasteiger partial charge in [0, 0.05) is 143 Å². The van der Waals surface area contributed by atoms with Gasteiger partial charge in [0.05, 0.1) is 40.3 Å². The fraction of sp³-hybridized carbons (Fsp3) is 0.525. The second-order valence-electron chi connectivity index (χ2n) is 40.7. The number of nitrogens with two attached hydrogens (primary N) is 1. The van der Waals surface area contributed by atoms with Crippen LogP contribution in [0, 0.1) is 89.3 Å². The van der Waals surface area contributed by atoms with Crippen LogP contribution in [-0.2, 0) is 14.5 Å². The normalized spacial score (nSPS) is 15.4. The van der Waals surface area contributed by atoms with Crippen LogP contribution in [0.4, 0.5) is 80.9 Å². The maximum atomic E-state index is 12.3. The Morgan fingerprint density at radius 2 is 0.884 bits per heavy atom. The van der Waals surface area contributed by atoms with Crippen LogP contribution < -0.4 is 77.8 Å². The number of aryl methyl sites for hydroxylation is 4. The van der Waals surface area contributed by atoms with Crippen molar-refractivity contribution in [3.8, 4) is 30.2 Å². The molecule has 8 heterocycles. The zero-order valence-electron chi connectivity index (χ0n) is 85.7. The SMILES string of the molecule is CONC(=O)c1ccc(C)c(Nc2nc(NCCC3CCCN3C)nc(N(C)CC(C)(C)C)c2C#N)c1.CONC(=O)c1ccc(C)c(Nc2nc(OCC3CCCN(C)C3)nc(N(C)CC(C)(C)C)c2C#N)c1.CONC(=O)c1ccc(C)c(Nc2nc(OCCC3CCCN3C)nc(N(C)CC(C)(C)C)c2C#N)c1.Cc1ccc(C2=NN=CC2)cc1Nc1ncnc(N(C)CC(C)(C)C)c1N. The number of anilines is 14. The average Bonchev–Trinajstić information content (AvgIpc) is 0.831. The minimum atomic E-state index is -0.375. The highest BCUT2D eigenvalue weighted by atomic mass is 16.6. The minimum Gasteiger partial charge on any atom is -0.463 e. The summed E-state index contributed by atoms with van der Waals surface area (Å²) in [6.45, 7) is 42.5. The van der Waals surface area contributed by atoms with E-state index in [-0.39, 0.29) is 51.4 Å². The molecule has 3 amide bonds. The molecule has 0 spiro atoms. The Balaban J connectivity index is 0.000000207. The van der Waals surface area contributed by atoms with Crippen molar-refractivity contribution >= 4 is 111 Å². The Kier molecular flexibility index (Phi) is 39.0. The number of amides is 3. The van der Waals surface area contributed by atoms with Gasteiger partial charge in [-0.2, -0.15) is 55.9 Å². The molecule has 3 saturated heterocycles. The summed E-state index contributed by atoms with van der Waals surface area (Å²) in [7, 11) is 18.3. The number of nitrogens with one attached hydrogen (secondary N) is 8. The highest BCUT2D eigenvalue weighted by molar-refractivity contribution is 6.10. The number of aromatic nitrogens is 8. The predicted octanol–water partition coefficient (Wildman–Crippen LogP) is 15.8. The number of nitrogen functional groups attached to an aromatic ring is 1. The van der Waals surface area contributed by atoms with E-state index in [9.17, 15) is 30.2 Å². The molecule has 0 aliphatic carbocycles. The molecule has 3 unspecified atom stereocenters. The Labute approximate surface area is 815 Å². The number of ether oxygens (including phenoxy) is 2. The van der Waals surface area contributed by atoms with E-state index in [1.807, 2.05) is 95.0 Å². The summed E-state index contributed by atoms with van der Waals surface area (Å²) in [5.74, 6) is 3.67. The second-order valence-corrected chi connectivity index (χ2v) is 40.7. The Morgan fingerprint density at radius 3 is 1.29 bits per heavy atom. The van der Waals surface area contributed by atoms with Gasteiger partial charge in [-0.25, -0.2) is 26.4 Å². The first-order chi connectivity index (χ1) is 65.3. The number of rotatable bonds is 34. The van der Waals surface area contributed by atoms with Gasteiger partial charge in [-0.3, -0.25) is 28.9 Å². The maximum absolute atomic E-state index is 12.3. The number of hydrogen-bond acceptors (Lipinski definition) is 34. The van der Waals surface area contributed by atoms with Crippen LogP contribution in [0.25, 0.3) is 0 Å². The van der Waals surface area contributed by atoms with Crippen molar-refractivity contribution in [1.29, 1.82) is 15.8 Å². The smallest absolute Gasteiger partial charge is 0.320 e. The van der Waals surface area contributed by atoms with Gasteiger partial charge in [-0.05, 0) is 206 Å². The van der Waals surface area contributed by atoms with Crippen molar-refractivity contribution in [2.24, 2.45) is 37.8 Å². The highest BCUT2D eigenvalue weighted by Crippen LogP contribution is 2.38. The monoisotopic (exact) mass is 1890 g/mol. The lowest BCUT2D eigenvalue weighted by Crippen LogP contribution is -2.35. The van der Waals surface area contributed by atoms with Crippen molar-refractivity contribution in [1.82, 2.24) is 71.0 Å². The molecule has 0 bridgehead atoms. The molecule has 3 fully saturated rings. The van der Waals surface area contributed by atoms with Crippen LogP contribution in [-0.4, -0.2) is 239 Å². The fourth-order valence-corrected chi connectivity index (χ4v) is 16.8. The third kappa shape index (κ3) is 32.2. The molecular weight excluding hydrogens is 1750 g/mol. The van der Waals surface area contributed by atoms with Crippen LogP contribution >= 0.6 is 0 Å². The van der Waals surface area contributed by atoms with E-state index in [2.05, 4.69) is 243 Å². The number of nitrogens with zero attached hydrogens (tertiary/aromatic N) is 20. The number of carbonyl (C=O) groups excluding carboxylic acids is 3. The van der Waals surface area contributed by atoms with E-state index in [1.54, 1.807) is 42.7 Å². The van der Waals surface area contributed by atoms with Crippen molar-refractivity contribution in [3.05, 3.63) is 140 Å².